The van der Waals surface area contributed by atoms with Crippen LogP contribution in [0.2, 0.25) is 0 Å². The minimum Gasteiger partial charge on any atom is -0.376 e. The van der Waals surface area contributed by atoms with Crippen LogP contribution in [0.15, 0.2) is 57.9 Å². The Morgan fingerprint density at radius 3 is 2.35 bits per heavy atom. The maximum atomic E-state index is 10.7. The van der Waals surface area contributed by atoms with Crippen LogP contribution < -0.4 is 11.1 Å². The molecule has 0 spiro atoms. The van der Waals surface area contributed by atoms with Crippen LogP contribution in [0.5, 0.6) is 0 Å². The standard InChI is InChI=1S/C8H10N2S.C7H7BrO3S/c9-8(11)10-6-7-4-2-1-3-5-7;1-5-2-3-6(8)4-7(5)12(9,10)11/h1-5H,6H2,(H3,9,10,11);2-4H,1H3,(H,9,10,11). The second-order valence-corrected chi connectivity index (χ2v) is 7.33. The van der Waals surface area contributed by atoms with E-state index in [-0.39, 0.29) is 4.90 Å². The molecule has 2 aromatic rings. The van der Waals surface area contributed by atoms with Crippen molar-refractivity contribution in [3.05, 3.63) is 64.1 Å². The summed E-state index contributed by atoms with van der Waals surface area (Å²) in [7, 11) is -4.09. The number of thiocarbonyl (C=S) groups is 1. The fourth-order valence-electron chi connectivity index (χ4n) is 1.64. The Balaban J connectivity index is 0.000000231. The number of nitrogens with one attached hydrogen (secondary N) is 1. The van der Waals surface area contributed by atoms with E-state index in [9.17, 15) is 8.42 Å². The molecule has 0 saturated carbocycles. The summed E-state index contributed by atoms with van der Waals surface area (Å²) in [6.45, 7) is 2.33. The number of nitrogens with two attached hydrogens (primary N) is 1. The Morgan fingerprint density at radius 1 is 1.26 bits per heavy atom. The van der Waals surface area contributed by atoms with Gasteiger partial charge < -0.3 is 11.1 Å². The van der Waals surface area contributed by atoms with Crippen molar-refractivity contribution >= 4 is 43.4 Å². The summed E-state index contributed by atoms with van der Waals surface area (Å²) in [4.78, 5) is -0.0584. The quantitative estimate of drug-likeness (QED) is 0.525. The smallest absolute Gasteiger partial charge is 0.294 e. The lowest BCUT2D eigenvalue weighted by Crippen LogP contribution is -2.28. The summed E-state index contributed by atoms with van der Waals surface area (Å²) < 4.78 is 30.9. The van der Waals surface area contributed by atoms with Crippen molar-refractivity contribution in [2.75, 3.05) is 0 Å². The molecule has 2 aromatic carbocycles. The number of benzene rings is 2. The van der Waals surface area contributed by atoms with Crippen LogP contribution in [0.25, 0.3) is 0 Å². The van der Waals surface area contributed by atoms with E-state index in [1.165, 1.54) is 11.6 Å². The molecule has 5 nitrogen and oxygen atoms in total. The number of aryl methyl sites for hydroxylation is 1. The Bertz CT molecular complexity index is 766. The van der Waals surface area contributed by atoms with E-state index in [1.54, 1.807) is 19.1 Å². The molecule has 2 rings (SSSR count). The maximum absolute atomic E-state index is 10.7. The van der Waals surface area contributed by atoms with Gasteiger partial charge in [-0.2, -0.15) is 8.42 Å². The van der Waals surface area contributed by atoms with Crippen molar-refractivity contribution in [3.63, 3.8) is 0 Å². The Kier molecular flexibility index (Phi) is 7.63. The number of hydrogen-bond acceptors (Lipinski definition) is 3. The zero-order chi connectivity index (χ0) is 17.5. The molecule has 23 heavy (non-hydrogen) atoms. The molecule has 0 unspecified atom stereocenters. The van der Waals surface area contributed by atoms with Gasteiger partial charge in [0, 0.05) is 11.0 Å². The molecule has 0 bridgehead atoms. The Hall–Kier alpha value is -1.48. The highest BCUT2D eigenvalue weighted by molar-refractivity contribution is 9.10. The highest BCUT2D eigenvalue weighted by Crippen LogP contribution is 2.19. The van der Waals surface area contributed by atoms with Crippen LogP contribution in [-0.2, 0) is 16.7 Å². The third kappa shape index (κ3) is 7.56. The molecule has 0 fully saturated rings. The van der Waals surface area contributed by atoms with Crippen LogP contribution in [0.4, 0.5) is 0 Å². The van der Waals surface area contributed by atoms with Crippen molar-refractivity contribution in [1.82, 2.24) is 5.32 Å². The molecular weight excluding hydrogens is 400 g/mol. The second kappa shape index (κ2) is 8.97. The molecular formula is C15H17BrN2O3S2. The van der Waals surface area contributed by atoms with Crippen molar-refractivity contribution in [2.24, 2.45) is 5.73 Å². The molecule has 0 aliphatic rings. The monoisotopic (exact) mass is 416 g/mol. The van der Waals surface area contributed by atoms with Crippen LogP contribution >= 0.6 is 28.1 Å². The second-order valence-electron chi connectivity index (χ2n) is 4.59. The predicted octanol–water partition coefficient (Wildman–Crippen LogP) is 3.02. The van der Waals surface area contributed by atoms with Gasteiger partial charge in [0.2, 0.25) is 0 Å². The Morgan fingerprint density at radius 2 is 1.87 bits per heavy atom. The molecule has 0 radical (unpaired) electrons. The first-order valence-corrected chi connectivity index (χ1v) is 9.15. The largest absolute Gasteiger partial charge is 0.376 e. The lowest BCUT2D eigenvalue weighted by atomic mass is 10.2. The highest BCUT2D eigenvalue weighted by atomic mass is 79.9. The minimum atomic E-state index is -4.09. The lowest BCUT2D eigenvalue weighted by molar-refractivity contribution is 0.482. The van der Waals surface area contributed by atoms with Crippen LogP contribution in [0, 0.1) is 6.92 Å². The molecule has 0 aliphatic carbocycles. The van der Waals surface area contributed by atoms with Crippen molar-refractivity contribution in [1.29, 1.82) is 0 Å². The molecule has 0 atom stereocenters. The van der Waals surface area contributed by atoms with Gasteiger partial charge in [-0.3, -0.25) is 4.55 Å². The average molecular weight is 417 g/mol. The van der Waals surface area contributed by atoms with E-state index >= 15 is 0 Å². The molecule has 0 heterocycles. The number of hydrogen-bond donors (Lipinski definition) is 3. The van der Waals surface area contributed by atoms with Crippen molar-refractivity contribution < 1.29 is 13.0 Å². The van der Waals surface area contributed by atoms with E-state index in [4.69, 9.17) is 10.3 Å². The maximum Gasteiger partial charge on any atom is 0.294 e. The summed E-state index contributed by atoms with van der Waals surface area (Å²) in [5.74, 6) is 0. The van der Waals surface area contributed by atoms with Gasteiger partial charge in [0.05, 0.1) is 4.90 Å². The molecule has 0 amide bonds. The van der Waals surface area contributed by atoms with Crippen LogP contribution in [-0.4, -0.2) is 18.1 Å². The van der Waals surface area contributed by atoms with E-state index < -0.39 is 10.1 Å². The van der Waals surface area contributed by atoms with Gasteiger partial charge in [-0.25, -0.2) is 0 Å². The average Bonchev–Trinajstić information content (AvgIpc) is 2.48. The van der Waals surface area contributed by atoms with Gasteiger partial charge in [0.15, 0.2) is 5.11 Å². The summed E-state index contributed by atoms with van der Waals surface area (Å²) in [6.07, 6.45) is 0. The zero-order valence-electron chi connectivity index (χ0n) is 12.4. The molecule has 0 aliphatic heterocycles. The molecule has 0 saturated heterocycles. The van der Waals surface area contributed by atoms with Gasteiger partial charge in [0.25, 0.3) is 10.1 Å². The highest BCUT2D eigenvalue weighted by Gasteiger charge is 2.12. The normalized spacial score (nSPS) is 10.4. The van der Waals surface area contributed by atoms with Gasteiger partial charge in [-0.1, -0.05) is 52.3 Å². The molecule has 0 aromatic heterocycles. The van der Waals surface area contributed by atoms with E-state index in [2.05, 4.69) is 33.5 Å². The zero-order valence-corrected chi connectivity index (χ0v) is 15.6. The SMILES string of the molecule is Cc1ccc(Br)cc1S(=O)(=O)O.NC(=S)NCc1ccccc1. The predicted molar refractivity (Wildman–Crippen MR) is 98.8 cm³/mol. The Labute approximate surface area is 149 Å². The fourth-order valence-corrected chi connectivity index (χ4v) is 2.97. The van der Waals surface area contributed by atoms with Crippen molar-refractivity contribution in [2.45, 2.75) is 18.4 Å². The first-order valence-electron chi connectivity index (χ1n) is 6.51. The topological polar surface area (TPSA) is 92.4 Å². The fraction of sp³-hybridized carbons (Fsp3) is 0.133. The van der Waals surface area contributed by atoms with Gasteiger partial charge >= 0.3 is 0 Å². The van der Waals surface area contributed by atoms with Crippen LogP contribution in [0.3, 0.4) is 0 Å². The van der Waals surface area contributed by atoms with E-state index in [0.717, 1.165) is 0 Å². The summed E-state index contributed by atoms with van der Waals surface area (Å²) in [5, 5.41) is 3.21. The summed E-state index contributed by atoms with van der Waals surface area (Å²) >= 11 is 7.77. The minimum absolute atomic E-state index is 0.0584. The first kappa shape index (κ1) is 19.6. The third-order valence-corrected chi connectivity index (χ3v) is 4.37. The first-order chi connectivity index (χ1) is 10.7. The molecule has 8 heteroatoms. The van der Waals surface area contributed by atoms with Crippen molar-refractivity contribution in [3.8, 4) is 0 Å². The third-order valence-electron chi connectivity index (χ3n) is 2.74. The molecule has 4 N–H and O–H groups in total. The lowest BCUT2D eigenvalue weighted by Gasteiger charge is -2.02. The van der Waals surface area contributed by atoms with E-state index in [1.807, 2.05) is 30.3 Å². The number of rotatable bonds is 3. The molecule has 124 valence electrons. The summed E-state index contributed by atoms with van der Waals surface area (Å²) in [6, 6.07) is 14.7. The summed E-state index contributed by atoms with van der Waals surface area (Å²) in [5.41, 5.74) is 6.97. The van der Waals surface area contributed by atoms with Gasteiger partial charge in [-0.05, 0) is 42.4 Å². The number of halogens is 1. The van der Waals surface area contributed by atoms with Gasteiger partial charge in [0.1, 0.15) is 0 Å². The van der Waals surface area contributed by atoms with Gasteiger partial charge in [-0.15, -0.1) is 0 Å². The van der Waals surface area contributed by atoms with Crippen LogP contribution in [0.1, 0.15) is 11.1 Å². The van der Waals surface area contributed by atoms with E-state index in [0.29, 0.717) is 21.7 Å².